The van der Waals surface area contributed by atoms with E-state index in [0.29, 0.717) is 10.9 Å². The van der Waals surface area contributed by atoms with Gasteiger partial charge in [0.05, 0.1) is 33.2 Å². The van der Waals surface area contributed by atoms with Crippen LogP contribution in [0.15, 0.2) is 67.0 Å². The molecular formula is C25H21F2N3OS. The van der Waals surface area contributed by atoms with Crippen LogP contribution in [-0.2, 0) is 0 Å². The summed E-state index contributed by atoms with van der Waals surface area (Å²) in [4.78, 5) is 18.8. The van der Waals surface area contributed by atoms with E-state index in [1.54, 1.807) is 30.3 Å². The van der Waals surface area contributed by atoms with E-state index in [4.69, 9.17) is 0 Å². The van der Waals surface area contributed by atoms with Crippen LogP contribution in [0.25, 0.3) is 21.8 Å². The lowest BCUT2D eigenvalue weighted by Gasteiger charge is -2.15. The molecule has 4 aromatic rings. The van der Waals surface area contributed by atoms with Gasteiger partial charge in [0.2, 0.25) is 0 Å². The van der Waals surface area contributed by atoms with Crippen LogP contribution in [0.5, 0.6) is 0 Å². The first-order valence-electron chi connectivity index (χ1n) is 10.6. The minimum Gasteiger partial charge on any atom is -0.326 e. The second-order valence-corrected chi connectivity index (χ2v) is 8.98. The molecule has 0 saturated heterocycles. The van der Waals surface area contributed by atoms with Crippen LogP contribution in [-0.4, -0.2) is 15.5 Å². The smallest absolute Gasteiger partial charge is 0.265 e. The monoisotopic (exact) mass is 449 g/mol. The van der Waals surface area contributed by atoms with E-state index in [9.17, 15) is 13.6 Å². The number of carbonyl (C=O) groups excluding carboxylic acids is 1. The van der Waals surface area contributed by atoms with Crippen molar-refractivity contribution in [3.63, 3.8) is 0 Å². The zero-order valence-corrected chi connectivity index (χ0v) is 18.0. The van der Waals surface area contributed by atoms with Crippen molar-refractivity contribution in [2.75, 3.05) is 5.32 Å². The first kappa shape index (κ1) is 20.6. The van der Waals surface area contributed by atoms with Crippen LogP contribution in [0.1, 0.15) is 41.4 Å². The van der Waals surface area contributed by atoms with Crippen molar-refractivity contribution in [1.29, 1.82) is 0 Å². The highest BCUT2D eigenvalue weighted by Crippen LogP contribution is 2.40. The number of imidazole rings is 1. The molecule has 0 spiro atoms. The van der Waals surface area contributed by atoms with Crippen molar-refractivity contribution >= 4 is 22.9 Å². The topological polar surface area (TPSA) is 46.9 Å². The second-order valence-electron chi connectivity index (χ2n) is 7.89. The molecule has 1 aliphatic rings. The van der Waals surface area contributed by atoms with Gasteiger partial charge < -0.3 is 9.88 Å². The number of aromatic nitrogens is 2. The Labute approximate surface area is 188 Å². The third-order valence-electron chi connectivity index (χ3n) is 5.81. The lowest BCUT2D eigenvalue weighted by molar-refractivity contribution is 0.103. The van der Waals surface area contributed by atoms with Gasteiger partial charge in [-0.15, -0.1) is 11.3 Å². The number of halogens is 2. The number of thiophene rings is 1. The third kappa shape index (κ3) is 3.96. The van der Waals surface area contributed by atoms with E-state index in [1.807, 2.05) is 12.4 Å². The molecule has 5 rings (SSSR count). The molecule has 1 fully saturated rings. The molecule has 0 bridgehead atoms. The van der Waals surface area contributed by atoms with E-state index < -0.39 is 5.82 Å². The molecule has 32 heavy (non-hydrogen) atoms. The summed E-state index contributed by atoms with van der Waals surface area (Å²) in [6.45, 7) is 0. The Hall–Kier alpha value is -3.32. The van der Waals surface area contributed by atoms with E-state index >= 15 is 0 Å². The molecule has 0 aliphatic heterocycles. The lowest BCUT2D eigenvalue weighted by Crippen LogP contribution is -2.11. The average Bonchev–Trinajstić information content (AvgIpc) is 3.55. The van der Waals surface area contributed by atoms with Crippen LogP contribution in [0.4, 0.5) is 14.5 Å². The highest BCUT2D eigenvalue weighted by molar-refractivity contribution is 7.17. The lowest BCUT2D eigenvalue weighted by atomic mass is 10.1. The Bertz CT molecular complexity index is 1260. The predicted octanol–water partition coefficient (Wildman–Crippen LogP) is 6.92. The maximum Gasteiger partial charge on any atom is 0.265 e. The van der Waals surface area contributed by atoms with Gasteiger partial charge in [-0.05, 0) is 61.4 Å². The quantitative estimate of drug-likeness (QED) is 0.359. The standard InChI is InChI=1S/C25H21F2N3OS/c26-17-11-9-16(10-12-17)23-24(30(15-28-23)18-5-1-2-6-18)21-13-14-22(32-21)25(31)29-20-8-4-3-7-19(20)27/h3-4,7-15,18H,1-2,5-6H2,(H,29,31). The largest absolute Gasteiger partial charge is 0.326 e. The first-order valence-corrected chi connectivity index (χ1v) is 11.4. The summed E-state index contributed by atoms with van der Waals surface area (Å²) in [7, 11) is 0. The van der Waals surface area contributed by atoms with E-state index in [-0.39, 0.29) is 17.4 Å². The number of nitrogens with zero attached hydrogens (tertiary/aromatic N) is 2. The van der Waals surface area contributed by atoms with Gasteiger partial charge in [-0.3, -0.25) is 4.79 Å². The van der Waals surface area contributed by atoms with Gasteiger partial charge in [0.25, 0.3) is 5.91 Å². The van der Waals surface area contributed by atoms with Crippen molar-refractivity contribution in [2.45, 2.75) is 31.7 Å². The summed E-state index contributed by atoms with van der Waals surface area (Å²) in [6.07, 6.45) is 6.36. The molecule has 1 saturated carbocycles. The van der Waals surface area contributed by atoms with E-state index in [2.05, 4.69) is 14.9 Å². The summed E-state index contributed by atoms with van der Waals surface area (Å²) in [5.41, 5.74) is 2.66. The minimum atomic E-state index is -0.476. The molecule has 2 heterocycles. The predicted molar refractivity (Wildman–Crippen MR) is 123 cm³/mol. The Morgan fingerprint density at radius 1 is 1.00 bits per heavy atom. The SMILES string of the molecule is O=C(Nc1ccccc1F)c1ccc(-c2c(-c3ccc(F)cc3)ncn2C2CCCC2)s1. The summed E-state index contributed by atoms with van der Waals surface area (Å²) in [5, 5.41) is 2.64. The number of benzene rings is 2. The van der Waals surface area contributed by atoms with Crippen molar-refractivity contribution < 1.29 is 13.6 Å². The van der Waals surface area contributed by atoms with Gasteiger partial charge in [0.1, 0.15) is 11.6 Å². The van der Waals surface area contributed by atoms with Crippen molar-refractivity contribution in [3.05, 3.63) is 83.5 Å². The van der Waals surface area contributed by atoms with E-state index in [1.165, 1.54) is 48.4 Å². The molecular weight excluding hydrogens is 428 g/mol. The molecule has 162 valence electrons. The van der Waals surface area contributed by atoms with Gasteiger partial charge in [0, 0.05) is 11.6 Å². The first-order chi connectivity index (χ1) is 15.6. The number of carbonyl (C=O) groups is 1. The summed E-state index contributed by atoms with van der Waals surface area (Å²) in [5.74, 6) is -1.13. The fraction of sp³-hybridized carbons (Fsp3) is 0.200. The van der Waals surface area contributed by atoms with Crippen LogP contribution in [0.2, 0.25) is 0 Å². The average molecular weight is 450 g/mol. The van der Waals surface area contributed by atoms with Crippen LogP contribution >= 0.6 is 11.3 Å². The van der Waals surface area contributed by atoms with Crippen molar-refractivity contribution in [3.8, 4) is 21.8 Å². The Morgan fingerprint density at radius 3 is 2.50 bits per heavy atom. The molecule has 4 nitrogen and oxygen atoms in total. The zero-order chi connectivity index (χ0) is 22.1. The molecule has 2 aromatic carbocycles. The number of anilines is 1. The van der Waals surface area contributed by atoms with Crippen LogP contribution in [0, 0.1) is 11.6 Å². The Morgan fingerprint density at radius 2 is 1.75 bits per heavy atom. The minimum absolute atomic E-state index is 0.149. The molecule has 1 amide bonds. The fourth-order valence-corrected chi connectivity index (χ4v) is 5.17. The van der Waals surface area contributed by atoms with E-state index in [0.717, 1.165) is 34.7 Å². The van der Waals surface area contributed by atoms with Gasteiger partial charge in [-0.2, -0.15) is 0 Å². The summed E-state index contributed by atoms with van der Waals surface area (Å²) < 4.78 is 29.6. The highest BCUT2D eigenvalue weighted by atomic mass is 32.1. The van der Waals surface area contributed by atoms with Gasteiger partial charge in [-0.1, -0.05) is 25.0 Å². The zero-order valence-electron chi connectivity index (χ0n) is 17.2. The van der Waals surface area contributed by atoms with Gasteiger partial charge >= 0.3 is 0 Å². The molecule has 1 N–H and O–H groups in total. The molecule has 2 aromatic heterocycles. The van der Waals surface area contributed by atoms with Crippen LogP contribution in [0.3, 0.4) is 0 Å². The normalized spacial score (nSPS) is 14.1. The third-order valence-corrected chi connectivity index (χ3v) is 6.91. The highest BCUT2D eigenvalue weighted by Gasteiger charge is 2.25. The number of rotatable bonds is 5. The maximum atomic E-state index is 13.9. The number of para-hydroxylation sites is 1. The molecule has 0 radical (unpaired) electrons. The molecule has 7 heteroatoms. The maximum absolute atomic E-state index is 13.9. The number of nitrogens with one attached hydrogen (secondary N) is 1. The number of hydrogen-bond acceptors (Lipinski definition) is 3. The molecule has 1 aliphatic carbocycles. The van der Waals surface area contributed by atoms with Gasteiger partial charge in [-0.25, -0.2) is 13.8 Å². The van der Waals surface area contributed by atoms with Crippen molar-refractivity contribution in [1.82, 2.24) is 9.55 Å². The van der Waals surface area contributed by atoms with Gasteiger partial charge in [0.15, 0.2) is 0 Å². The Kier molecular flexibility index (Phi) is 5.57. The summed E-state index contributed by atoms with van der Waals surface area (Å²) >= 11 is 1.34. The molecule has 0 atom stereocenters. The summed E-state index contributed by atoms with van der Waals surface area (Å²) in [6, 6.07) is 16.4. The number of hydrogen-bond donors (Lipinski definition) is 1. The van der Waals surface area contributed by atoms with Crippen LogP contribution < -0.4 is 5.32 Å². The molecule has 0 unspecified atom stereocenters. The number of amides is 1. The fourth-order valence-electron chi connectivity index (χ4n) is 4.22. The second kappa shape index (κ2) is 8.67. The van der Waals surface area contributed by atoms with Crippen molar-refractivity contribution in [2.24, 2.45) is 0 Å². The Balaban J connectivity index is 1.52.